The molecule has 0 spiro atoms. The van der Waals surface area contributed by atoms with Crippen LogP contribution in [0, 0.1) is 6.92 Å². The summed E-state index contributed by atoms with van der Waals surface area (Å²) in [4.78, 5) is 32.2. The normalized spacial score (nSPS) is 12.8. The summed E-state index contributed by atoms with van der Waals surface area (Å²) in [5.74, 6) is 0.206. The molecule has 0 fully saturated rings. The number of aromatic nitrogens is 3. The van der Waals surface area contributed by atoms with E-state index in [0.717, 1.165) is 12.1 Å². The van der Waals surface area contributed by atoms with Gasteiger partial charge in [0.2, 0.25) is 5.91 Å². The third-order valence-corrected chi connectivity index (χ3v) is 4.61. The maximum absolute atomic E-state index is 12.7. The van der Waals surface area contributed by atoms with Gasteiger partial charge in [0, 0.05) is 17.8 Å². The van der Waals surface area contributed by atoms with E-state index in [9.17, 15) is 9.59 Å². The van der Waals surface area contributed by atoms with Gasteiger partial charge in [0.15, 0.2) is 5.16 Å². The third-order valence-electron chi connectivity index (χ3n) is 3.65. The average Bonchev–Trinajstić information content (AvgIpc) is 2.85. The van der Waals surface area contributed by atoms with E-state index in [4.69, 9.17) is 0 Å². The molecule has 0 aromatic carbocycles. The predicted molar refractivity (Wildman–Crippen MR) is 94.1 cm³/mol. The third kappa shape index (κ3) is 3.96. The molecule has 1 amide bonds. The predicted octanol–water partition coefficient (Wildman–Crippen LogP) is 2.62. The highest BCUT2D eigenvalue weighted by Gasteiger charge is 2.17. The van der Waals surface area contributed by atoms with Gasteiger partial charge in [-0.25, -0.2) is 4.98 Å². The van der Waals surface area contributed by atoms with Crippen LogP contribution in [0.4, 0.5) is 0 Å². The Bertz CT molecular complexity index is 763. The van der Waals surface area contributed by atoms with Crippen molar-refractivity contribution >= 4 is 28.7 Å². The van der Waals surface area contributed by atoms with Gasteiger partial charge in [0.05, 0.1) is 11.3 Å². The first-order valence-electron chi connectivity index (χ1n) is 7.87. The molecule has 2 aromatic rings. The lowest BCUT2D eigenvalue weighted by atomic mass is 10.3. The number of amides is 1. The summed E-state index contributed by atoms with van der Waals surface area (Å²) in [6, 6.07) is 1.98. The van der Waals surface area contributed by atoms with Gasteiger partial charge < -0.3 is 10.3 Å². The molecule has 0 aliphatic heterocycles. The second-order valence-electron chi connectivity index (χ2n) is 6.04. The molecule has 0 unspecified atom stereocenters. The maximum atomic E-state index is 12.7. The van der Waals surface area contributed by atoms with Crippen LogP contribution in [-0.4, -0.2) is 32.2 Å². The maximum Gasteiger partial charge on any atom is 0.278 e. The number of aromatic amines is 1. The minimum atomic E-state index is -0.0945. The van der Waals surface area contributed by atoms with Gasteiger partial charge in [-0.15, -0.1) is 0 Å². The lowest BCUT2D eigenvalue weighted by Gasteiger charge is -2.15. The Hall–Kier alpha value is -1.76. The molecule has 2 heterocycles. The number of nitrogens with zero attached hydrogens (tertiary/aromatic N) is 2. The van der Waals surface area contributed by atoms with Crippen molar-refractivity contribution in [3.8, 4) is 0 Å². The Kier molecular flexibility index (Phi) is 5.51. The van der Waals surface area contributed by atoms with Crippen molar-refractivity contribution in [2.45, 2.75) is 58.3 Å². The van der Waals surface area contributed by atoms with Crippen molar-refractivity contribution in [2.24, 2.45) is 0 Å². The van der Waals surface area contributed by atoms with Crippen LogP contribution in [0.3, 0.4) is 0 Å². The van der Waals surface area contributed by atoms with Crippen molar-refractivity contribution < 1.29 is 4.79 Å². The van der Waals surface area contributed by atoms with Crippen molar-refractivity contribution in [1.29, 1.82) is 0 Å². The fourth-order valence-electron chi connectivity index (χ4n) is 2.30. The topological polar surface area (TPSA) is 79.8 Å². The van der Waals surface area contributed by atoms with Crippen molar-refractivity contribution in [3.63, 3.8) is 0 Å². The summed E-state index contributed by atoms with van der Waals surface area (Å²) in [6.45, 7) is 9.77. The van der Waals surface area contributed by atoms with Crippen molar-refractivity contribution in [3.05, 3.63) is 22.1 Å². The van der Waals surface area contributed by atoms with Gasteiger partial charge >= 0.3 is 0 Å². The number of nitrogens with one attached hydrogen (secondary N) is 2. The molecule has 0 saturated heterocycles. The molecule has 2 aromatic heterocycles. The van der Waals surface area contributed by atoms with Crippen LogP contribution in [0.25, 0.3) is 11.0 Å². The molecule has 0 bridgehead atoms. The number of fused-ring (bicyclic) bond motifs is 1. The Morgan fingerprint density at radius 3 is 2.74 bits per heavy atom. The largest absolute Gasteiger partial charge is 0.353 e. The van der Waals surface area contributed by atoms with Crippen molar-refractivity contribution in [2.75, 3.05) is 5.75 Å². The van der Waals surface area contributed by atoms with Crippen LogP contribution in [0.15, 0.2) is 16.0 Å². The lowest BCUT2D eigenvalue weighted by molar-refractivity contribution is -0.119. The molecule has 0 saturated carbocycles. The number of rotatable bonds is 6. The number of thioether (sulfide) groups is 1. The molecule has 2 N–H and O–H groups in total. The lowest BCUT2D eigenvalue weighted by Crippen LogP contribution is -2.33. The van der Waals surface area contributed by atoms with Crippen LogP contribution in [0.5, 0.6) is 0 Å². The number of carbonyl (C=O) groups excluding carboxylic acids is 1. The van der Waals surface area contributed by atoms with Crippen LogP contribution >= 0.6 is 11.8 Å². The standard InChI is InChI=1S/C16H24N4O2S/c1-6-10(4)17-13(21)8-23-16-19-12-7-11(5)18-14(12)15(22)20(16)9(2)3/h7,9-10,18H,6,8H2,1-5H3,(H,17,21)/t10-/m1/s1. The molecular formula is C16H24N4O2S. The minimum absolute atomic E-state index is 0.0249. The van der Waals surface area contributed by atoms with E-state index in [-0.39, 0.29) is 29.3 Å². The zero-order valence-corrected chi connectivity index (χ0v) is 15.1. The average molecular weight is 336 g/mol. The highest BCUT2D eigenvalue weighted by molar-refractivity contribution is 7.99. The molecule has 0 aliphatic carbocycles. The molecule has 6 nitrogen and oxygen atoms in total. The van der Waals surface area contributed by atoms with E-state index in [1.807, 2.05) is 40.7 Å². The van der Waals surface area contributed by atoms with Crippen molar-refractivity contribution in [1.82, 2.24) is 19.9 Å². The fourth-order valence-corrected chi connectivity index (χ4v) is 3.24. The van der Waals surface area contributed by atoms with Gasteiger partial charge in [-0.1, -0.05) is 18.7 Å². The SMILES string of the molecule is CC[C@@H](C)NC(=O)CSc1nc2cc(C)[nH]c2c(=O)n1C(C)C. The number of aryl methyl sites for hydroxylation is 1. The first-order chi connectivity index (χ1) is 10.8. The zero-order chi connectivity index (χ0) is 17.1. The van der Waals surface area contributed by atoms with Crippen LogP contribution < -0.4 is 10.9 Å². The molecule has 0 radical (unpaired) electrons. The first-order valence-corrected chi connectivity index (χ1v) is 8.86. The smallest absolute Gasteiger partial charge is 0.278 e. The van der Waals surface area contributed by atoms with Gasteiger partial charge in [0.1, 0.15) is 5.52 Å². The molecule has 23 heavy (non-hydrogen) atoms. The Morgan fingerprint density at radius 2 is 2.13 bits per heavy atom. The monoisotopic (exact) mass is 336 g/mol. The number of hydrogen-bond acceptors (Lipinski definition) is 4. The first kappa shape index (κ1) is 17.6. The molecule has 7 heteroatoms. The van der Waals surface area contributed by atoms with E-state index in [0.29, 0.717) is 16.2 Å². The molecule has 2 rings (SSSR count). The van der Waals surface area contributed by atoms with Gasteiger partial charge in [-0.05, 0) is 40.2 Å². The summed E-state index contributed by atoms with van der Waals surface area (Å²) in [7, 11) is 0. The van der Waals surface area contributed by atoms with E-state index >= 15 is 0 Å². The van der Waals surface area contributed by atoms with Gasteiger partial charge in [-0.3, -0.25) is 14.2 Å². The van der Waals surface area contributed by atoms with Crippen LogP contribution in [0.1, 0.15) is 45.9 Å². The molecule has 1 atom stereocenters. The molecule has 0 aliphatic rings. The second kappa shape index (κ2) is 7.21. The minimum Gasteiger partial charge on any atom is -0.353 e. The summed E-state index contributed by atoms with van der Waals surface area (Å²) >= 11 is 1.30. The highest BCUT2D eigenvalue weighted by atomic mass is 32.2. The number of H-pyrrole nitrogens is 1. The van der Waals surface area contributed by atoms with E-state index in [1.54, 1.807) is 4.57 Å². The van der Waals surface area contributed by atoms with E-state index in [1.165, 1.54) is 11.8 Å². The quantitative estimate of drug-likeness (QED) is 0.628. The van der Waals surface area contributed by atoms with Gasteiger partial charge in [0.25, 0.3) is 5.56 Å². The summed E-state index contributed by atoms with van der Waals surface area (Å²) in [6.07, 6.45) is 0.889. The Balaban J connectivity index is 2.30. The summed E-state index contributed by atoms with van der Waals surface area (Å²) in [5, 5.41) is 3.50. The van der Waals surface area contributed by atoms with Gasteiger partial charge in [-0.2, -0.15) is 0 Å². The zero-order valence-electron chi connectivity index (χ0n) is 14.3. The summed E-state index contributed by atoms with van der Waals surface area (Å²) < 4.78 is 1.64. The van der Waals surface area contributed by atoms with E-state index < -0.39 is 0 Å². The Morgan fingerprint density at radius 1 is 1.43 bits per heavy atom. The highest BCUT2D eigenvalue weighted by Crippen LogP contribution is 2.21. The number of carbonyl (C=O) groups is 1. The van der Waals surface area contributed by atoms with Crippen LogP contribution in [-0.2, 0) is 4.79 Å². The fraction of sp³-hybridized carbons (Fsp3) is 0.562. The molecule has 126 valence electrons. The Labute approximate surface area is 140 Å². The molecular weight excluding hydrogens is 312 g/mol. The van der Waals surface area contributed by atoms with Crippen LogP contribution in [0.2, 0.25) is 0 Å². The summed E-state index contributed by atoms with van der Waals surface area (Å²) in [5.41, 5.74) is 1.97. The second-order valence-corrected chi connectivity index (χ2v) is 6.98. The van der Waals surface area contributed by atoms with E-state index in [2.05, 4.69) is 15.3 Å². The number of hydrogen-bond donors (Lipinski definition) is 2.